The van der Waals surface area contributed by atoms with E-state index in [9.17, 15) is 4.79 Å². The van der Waals surface area contributed by atoms with Gasteiger partial charge in [-0.3, -0.25) is 4.79 Å². The second-order valence-corrected chi connectivity index (χ2v) is 4.37. The molecule has 0 saturated heterocycles. The fraction of sp³-hybridized carbons (Fsp3) is 0.462. The summed E-state index contributed by atoms with van der Waals surface area (Å²) < 4.78 is 0. The van der Waals surface area contributed by atoms with Gasteiger partial charge in [-0.2, -0.15) is 0 Å². The minimum Gasteiger partial charge on any atom is -0.394 e. The third-order valence-corrected chi connectivity index (χ3v) is 3.34. The molecule has 0 radical (unpaired) electrons. The summed E-state index contributed by atoms with van der Waals surface area (Å²) in [6, 6.07) is 0. The number of amides is 1. The van der Waals surface area contributed by atoms with Gasteiger partial charge in [0, 0.05) is 13.1 Å². The molecule has 1 amide bonds. The summed E-state index contributed by atoms with van der Waals surface area (Å²) in [5, 5.41) is 0. The molecule has 0 aromatic heterocycles. The number of carbonyl (C=O) groups excluding carboxylic acids is 1. The van der Waals surface area contributed by atoms with E-state index in [1.165, 1.54) is 0 Å². The van der Waals surface area contributed by atoms with Crippen molar-refractivity contribution < 1.29 is 4.79 Å². The molecule has 2 rings (SSSR count). The zero-order chi connectivity index (χ0) is 11.5. The van der Waals surface area contributed by atoms with Gasteiger partial charge in [0.25, 0.3) is 5.91 Å². The van der Waals surface area contributed by atoms with Gasteiger partial charge in [-0.25, -0.2) is 0 Å². The van der Waals surface area contributed by atoms with Crippen LogP contribution in [0.1, 0.15) is 19.3 Å². The van der Waals surface area contributed by atoms with Crippen LogP contribution < -0.4 is 5.73 Å². The lowest BCUT2D eigenvalue weighted by molar-refractivity contribution is -0.126. The number of fused-ring (bicyclic) bond motifs is 1. The van der Waals surface area contributed by atoms with Gasteiger partial charge in [0.05, 0.1) is 0 Å². The molecule has 2 aliphatic rings. The van der Waals surface area contributed by atoms with Gasteiger partial charge in [-0.1, -0.05) is 18.2 Å². The minimum atomic E-state index is -0.0380. The van der Waals surface area contributed by atoms with Crippen molar-refractivity contribution in [1.82, 2.24) is 4.90 Å². The van der Waals surface area contributed by atoms with Crippen LogP contribution in [0.4, 0.5) is 0 Å². The van der Waals surface area contributed by atoms with Crippen molar-refractivity contribution in [2.24, 2.45) is 11.7 Å². The van der Waals surface area contributed by atoms with Crippen molar-refractivity contribution in [2.45, 2.75) is 19.3 Å². The molecule has 0 spiro atoms. The number of hydrogen-bond donors (Lipinski definition) is 1. The minimum absolute atomic E-state index is 0.0380. The van der Waals surface area contributed by atoms with E-state index in [1.807, 2.05) is 6.08 Å². The van der Waals surface area contributed by atoms with E-state index >= 15 is 0 Å². The summed E-state index contributed by atoms with van der Waals surface area (Å²) >= 11 is 0. The first-order valence-electron chi connectivity index (χ1n) is 5.80. The Morgan fingerprint density at radius 2 is 2.38 bits per heavy atom. The average Bonchev–Trinajstić information content (AvgIpc) is 2.43. The van der Waals surface area contributed by atoms with E-state index < -0.39 is 0 Å². The predicted molar refractivity (Wildman–Crippen MR) is 64.5 cm³/mol. The van der Waals surface area contributed by atoms with Gasteiger partial charge < -0.3 is 10.6 Å². The molecular weight excluding hydrogens is 200 g/mol. The molecule has 1 aliphatic carbocycles. The molecule has 0 fully saturated rings. The average molecular weight is 218 g/mol. The van der Waals surface area contributed by atoms with Crippen LogP contribution in [0, 0.1) is 5.92 Å². The molecule has 0 saturated carbocycles. The Bertz CT molecular complexity index is 368. The summed E-state index contributed by atoms with van der Waals surface area (Å²) in [4.78, 5) is 13.8. The second kappa shape index (κ2) is 4.56. The Balaban J connectivity index is 2.30. The van der Waals surface area contributed by atoms with Gasteiger partial charge in [0.2, 0.25) is 0 Å². The maximum Gasteiger partial charge on any atom is 0.270 e. The van der Waals surface area contributed by atoms with Crippen LogP contribution in [0.2, 0.25) is 0 Å². The first kappa shape index (κ1) is 11.0. The highest BCUT2D eigenvalue weighted by atomic mass is 16.2. The van der Waals surface area contributed by atoms with Crippen molar-refractivity contribution in [1.29, 1.82) is 0 Å². The van der Waals surface area contributed by atoms with Gasteiger partial charge in [-0.05, 0) is 30.8 Å². The third kappa shape index (κ3) is 1.90. The monoisotopic (exact) mass is 218 g/mol. The molecule has 16 heavy (non-hydrogen) atoms. The van der Waals surface area contributed by atoms with E-state index in [0.29, 0.717) is 18.2 Å². The number of nitrogens with zero attached hydrogens (tertiary/aromatic N) is 1. The molecule has 1 unspecified atom stereocenters. The fourth-order valence-corrected chi connectivity index (χ4v) is 2.45. The van der Waals surface area contributed by atoms with Crippen LogP contribution in [-0.4, -0.2) is 23.9 Å². The maximum absolute atomic E-state index is 12.1. The number of hydrogen-bond acceptors (Lipinski definition) is 2. The Kier molecular flexibility index (Phi) is 3.13. The Morgan fingerprint density at radius 3 is 3.12 bits per heavy atom. The van der Waals surface area contributed by atoms with Gasteiger partial charge in [0.15, 0.2) is 0 Å². The zero-order valence-electron chi connectivity index (χ0n) is 9.48. The smallest absolute Gasteiger partial charge is 0.270 e. The first-order chi connectivity index (χ1) is 7.74. The molecule has 0 bridgehead atoms. The Labute approximate surface area is 96.3 Å². The van der Waals surface area contributed by atoms with Crippen molar-refractivity contribution in [2.75, 3.05) is 13.1 Å². The van der Waals surface area contributed by atoms with Crippen LogP contribution in [0.3, 0.4) is 0 Å². The lowest BCUT2D eigenvalue weighted by atomic mass is 9.86. The number of allylic oxidation sites excluding steroid dienone is 3. The highest BCUT2D eigenvalue weighted by Crippen LogP contribution is 2.31. The Hall–Kier alpha value is -1.51. The largest absolute Gasteiger partial charge is 0.394 e. The van der Waals surface area contributed by atoms with Gasteiger partial charge in [-0.15, -0.1) is 6.58 Å². The highest BCUT2D eigenvalue weighted by Gasteiger charge is 2.28. The maximum atomic E-state index is 12.1. The predicted octanol–water partition coefficient (Wildman–Crippen LogP) is 1.58. The molecule has 1 atom stereocenters. The molecule has 0 aromatic carbocycles. The van der Waals surface area contributed by atoms with E-state index in [4.69, 9.17) is 5.73 Å². The zero-order valence-corrected chi connectivity index (χ0v) is 9.48. The van der Waals surface area contributed by atoms with Crippen molar-refractivity contribution in [3.63, 3.8) is 0 Å². The summed E-state index contributed by atoms with van der Waals surface area (Å²) in [5.74, 6) is 0.424. The lowest BCUT2D eigenvalue weighted by Gasteiger charge is -2.20. The van der Waals surface area contributed by atoms with Crippen molar-refractivity contribution >= 4 is 5.91 Å². The summed E-state index contributed by atoms with van der Waals surface area (Å²) in [6.07, 6.45) is 9.10. The number of nitrogens with two attached hydrogens (primary N) is 1. The summed E-state index contributed by atoms with van der Waals surface area (Å²) in [6.45, 7) is 5.04. The van der Waals surface area contributed by atoms with Crippen LogP contribution in [0.15, 0.2) is 36.1 Å². The molecule has 86 valence electrons. The van der Waals surface area contributed by atoms with E-state index in [0.717, 1.165) is 31.4 Å². The summed E-state index contributed by atoms with van der Waals surface area (Å²) in [7, 11) is 0. The highest BCUT2D eigenvalue weighted by molar-refractivity contribution is 5.94. The van der Waals surface area contributed by atoms with Gasteiger partial charge >= 0.3 is 0 Å². The lowest BCUT2D eigenvalue weighted by Crippen LogP contribution is -2.34. The van der Waals surface area contributed by atoms with E-state index in [2.05, 4.69) is 12.7 Å². The first-order valence-corrected chi connectivity index (χ1v) is 5.80. The normalized spacial score (nSPS) is 25.4. The van der Waals surface area contributed by atoms with Crippen LogP contribution in [0.5, 0.6) is 0 Å². The van der Waals surface area contributed by atoms with Crippen LogP contribution in [-0.2, 0) is 4.79 Å². The SMILES string of the molecule is C=CCN1CCC2CCC=CC2=C(N)C1=O. The van der Waals surface area contributed by atoms with Crippen LogP contribution >= 0.6 is 0 Å². The fourth-order valence-electron chi connectivity index (χ4n) is 2.45. The van der Waals surface area contributed by atoms with Crippen LogP contribution in [0.25, 0.3) is 0 Å². The molecule has 3 nitrogen and oxygen atoms in total. The van der Waals surface area contributed by atoms with Gasteiger partial charge in [0.1, 0.15) is 5.70 Å². The van der Waals surface area contributed by atoms with E-state index in [1.54, 1.807) is 11.0 Å². The molecular formula is C13H18N2O. The quantitative estimate of drug-likeness (QED) is 0.715. The molecule has 1 aliphatic heterocycles. The standard InChI is InChI=1S/C13H18N2O/c1-2-8-15-9-7-10-5-3-4-6-11(10)12(14)13(15)16/h2,4,6,10H,1,3,5,7-9,14H2. The molecule has 0 aromatic rings. The number of rotatable bonds is 2. The number of carbonyl (C=O) groups is 1. The molecule has 1 heterocycles. The molecule has 3 heteroatoms. The topological polar surface area (TPSA) is 46.3 Å². The third-order valence-electron chi connectivity index (χ3n) is 3.34. The second-order valence-electron chi connectivity index (χ2n) is 4.37. The van der Waals surface area contributed by atoms with E-state index in [-0.39, 0.29) is 5.91 Å². The summed E-state index contributed by atoms with van der Waals surface area (Å²) in [5.41, 5.74) is 7.43. The molecule has 2 N–H and O–H groups in total. The van der Waals surface area contributed by atoms with Crippen molar-refractivity contribution in [3.05, 3.63) is 36.1 Å². The van der Waals surface area contributed by atoms with Crippen molar-refractivity contribution in [3.8, 4) is 0 Å². The Morgan fingerprint density at radius 1 is 1.56 bits per heavy atom.